The third-order valence-corrected chi connectivity index (χ3v) is 3.38. The highest BCUT2D eigenvalue weighted by atomic mass is 79.9. The molecule has 0 bridgehead atoms. The number of rotatable bonds is 7. The summed E-state index contributed by atoms with van der Waals surface area (Å²) in [6.07, 6.45) is 0.972. The number of anilines is 2. The van der Waals surface area contributed by atoms with Crippen LogP contribution in [0.15, 0.2) is 53.0 Å². The first-order chi connectivity index (χ1) is 10.7. The van der Waals surface area contributed by atoms with Crippen LogP contribution in [-0.4, -0.2) is 19.1 Å². The Bertz CT molecular complexity index is 614. The summed E-state index contributed by atoms with van der Waals surface area (Å²) in [4.78, 5) is 11.9. The Morgan fingerprint density at radius 3 is 2.59 bits per heavy atom. The quantitative estimate of drug-likeness (QED) is 0.772. The smallest absolute Gasteiger partial charge is 0.243 e. The maximum atomic E-state index is 11.9. The zero-order chi connectivity index (χ0) is 15.8. The molecule has 4 nitrogen and oxygen atoms in total. The summed E-state index contributed by atoms with van der Waals surface area (Å²) in [5.74, 6) is 0.717. The van der Waals surface area contributed by atoms with Crippen LogP contribution in [0, 0.1) is 0 Å². The molecule has 0 aliphatic carbocycles. The van der Waals surface area contributed by atoms with Gasteiger partial charge in [0.25, 0.3) is 0 Å². The Morgan fingerprint density at radius 1 is 1.14 bits per heavy atom. The normalized spacial score (nSPS) is 10.1. The predicted molar refractivity (Wildman–Crippen MR) is 93.5 cm³/mol. The van der Waals surface area contributed by atoms with Gasteiger partial charge in [0, 0.05) is 15.8 Å². The SMILES string of the molecule is CCCOc1ccc(NC(=O)CNc2cccc(Br)c2)cc1. The number of nitrogens with one attached hydrogen (secondary N) is 2. The first-order valence-electron chi connectivity index (χ1n) is 7.19. The highest BCUT2D eigenvalue weighted by Gasteiger charge is 2.03. The van der Waals surface area contributed by atoms with Crippen LogP contribution in [0.25, 0.3) is 0 Å². The number of hydrogen-bond donors (Lipinski definition) is 2. The van der Waals surface area contributed by atoms with Gasteiger partial charge in [-0.2, -0.15) is 0 Å². The molecule has 116 valence electrons. The Hall–Kier alpha value is -2.01. The van der Waals surface area contributed by atoms with Gasteiger partial charge in [-0.15, -0.1) is 0 Å². The van der Waals surface area contributed by atoms with Crippen molar-refractivity contribution in [1.82, 2.24) is 0 Å². The highest BCUT2D eigenvalue weighted by Crippen LogP contribution is 2.17. The number of carbonyl (C=O) groups is 1. The minimum absolute atomic E-state index is 0.0952. The van der Waals surface area contributed by atoms with Gasteiger partial charge in [-0.3, -0.25) is 4.79 Å². The van der Waals surface area contributed by atoms with Crippen molar-refractivity contribution >= 4 is 33.2 Å². The van der Waals surface area contributed by atoms with Gasteiger partial charge in [-0.05, 0) is 48.9 Å². The van der Waals surface area contributed by atoms with Crippen molar-refractivity contribution in [1.29, 1.82) is 0 Å². The fourth-order valence-corrected chi connectivity index (χ4v) is 2.24. The van der Waals surface area contributed by atoms with Crippen LogP contribution in [0.5, 0.6) is 5.75 Å². The molecular weight excluding hydrogens is 344 g/mol. The Kier molecular flexibility index (Phi) is 6.27. The summed E-state index contributed by atoms with van der Waals surface area (Å²) in [7, 11) is 0. The monoisotopic (exact) mass is 362 g/mol. The molecule has 22 heavy (non-hydrogen) atoms. The molecule has 2 rings (SSSR count). The van der Waals surface area contributed by atoms with Gasteiger partial charge in [0.1, 0.15) is 5.75 Å². The van der Waals surface area contributed by atoms with Gasteiger partial charge >= 0.3 is 0 Å². The number of hydrogen-bond acceptors (Lipinski definition) is 3. The van der Waals surface area contributed by atoms with Crippen LogP contribution in [0.4, 0.5) is 11.4 Å². The number of carbonyl (C=O) groups excluding carboxylic acids is 1. The summed E-state index contributed by atoms with van der Waals surface area (Å²) >= 11 is 3.40. The third-order valence-electron chi connectivity index (χ3n) is 2.89. The molecule has 0 aliphatic rings. The standard InChI is InChI=1S/C17H19BrN2O2/c1-2-10-22-16-8-6-14(7-9-16)20-17(21)12-19-15-5-3-4-13(18)11-15/h3-9,11,19H,2,10,12H2,1H3,(H,20,21). The molecular formula is C17H19BrN2O2. The molecule has 0 radical (unpaired) electrons. The van der Waals surface area contributed by atoms with Gasteiger partial charge in [-0.25, -0.2) is 0 Å². The van der Waals surface area contributed by atoms with Gasteiger partial charge in [0.2, 0.25) is 5.91 Å². The van der Waals surface area contributed by atoms with Crippen molar-refractivity contribution in [2.45, 2.75) is 13.3 Å². The number of halogens is 1. The van der Waals surface area contributed by atoms with Crippen LogP contribution in [-0.2, 0) is 4.79 Å². The first-order valence-corrected chi connectivity index (χ1v) is 7.99. The van der Waals surface area contributed by atoms with Crippen LogP contribution < -0.4 is 15.4 Å². The van der Waals surface area contributed by atoms with E-state index in [2.05, 4.69) is 33.5 Å². The topological polar surface area (TPSA) is 50.4 Å². The van der Waals surface area contributed by atoms with Crippen molar-refractivity contribution in [2.75, 3.05) is 23.8 Å². The van der Waals surface area contributed by atoms with E-state index in [1.165, 1.54) is 0 Å². The van der Waals surface area contributed by atoms with E-state index in [1.54, 1.807) is 0 Å². The summed E-state index contributed by atoms with van der Waals surface area (Å²) < 4.78 is 6.47. The van der Waals surface area contributed by atoms with E-state index in [0.29, 0.717) is 6.61 Å². The third kappa shape index (κ3) is 5.41. The number of amides is 1. The van der Waals surface area contributed by atoms with E-state index < -0.39 is 0 Å². The predicted octanol–water partition coefficient (Wildman–Crippen LogP) is 4.29. The zero-order valence-corrected chi connectivity index (χ0v) is 14.0. The average molecular weight is 363 g/mol. The number of benzene rings is 2. The summed E-state index contributed by atoms with van der Waals surface area (Å²) in [5, 5.41) is 5.92. The van der Waals surface area contributed by atoms with Crippen LogP contribution in [0.2, 0.25) is 0 Å². The molecule has 0 aliphatic heterocycles. The molecule has 2 aromatic carbocycles. The van der Waals surface area contributed by atoms with E-state index >= 15 is 0 Å². The Labute approximate surface area is 139 Å². The van der Waals surface area contributed by atoms with E-state index in [9.17, 15) is 4.79 Å². The fraction of sp³-hybridized carbons (Fsp3) is 0.235. The van der Waals surface area contributed by atoms with E-state index in [-0.39, 0.29) is 12.5 Å². The van der Waals surface area contributed by atoms with Crippen LogP contribution >= 0.6 is 15.9 Å². The molecule has 5 heteroatoms. The lowest BCUT2D eigenvalue weighted by molar-refractivity contribution is -0.114. The summed E-state index contributed by atoms with van der Waals surface area (Å²) in [6.45, 7) is 2.97. The highest BCUT2D eigenvalue weighted by molar-refractivity contribution is 9.10. The van der Waals surface area contributed by atoms with E-state index in [0.717, 1.165) is 28.0 Å². The molecule has 0 saturated heterocycles. The Balaban J connectivity index is 1.81. The zero-order valence-electron chi connectivity index (χ0n) is 12.4. The van der Waals surface area contributed by atoms with E-state index in [4.69, 9.17) is 4.74 Å². The van der Waals surface area contributed by atoms with Gasteiger partial charge in [0.05, 0.1) is 13.2 Å². The first kappa shape index (κ1) is 16.4. The minimum Gasteiger partial charge on any atom is -0.494 e. The minimum atomic E-state index is -0.0952. The summed E-state index contributed by atoms with van der Waals surface area (Å²) in [5.41, 5.74) is 1.65. The molecule has 2 N–H and O–H groups in total. The molecule has 1 amide bonds. The van der Waals surface area contributed by atoms with Crippen LogP contribution in [0.3, 0.4) is 0 Å². The van der Waals surface area contributed by atoms with E-state index in [1.807, 2.05) is 48.5 Å². The van der Waals surface area contributed by atoms with Crippen molar-refractivity contribution in [3.63, 3.8) is 0 Å². The van der Waals surface area contributed by atoms with Gasteiger partial charge in [-0.1, -0.05) is 28.9 Å². The fourth-order valence-electron chi connectivity index (χ4n) is 1.84. The lowest BCUT2D eigenvalue weighted by Gasteiger charge is -2.09. The van der Waals surface area contributed by atoms with Crippen LogP contribution in [0.1, 0.15) is 13.3 Å². The van der Waals surface area contributed by atoms with Crippen molar-refractivity contribution in [2.24, 2.45) is 0 Å². The van der Waals surface area contributed by atoms with Crippen molar-refractivity contribution in [3.05, 3.63) is 53.0 Å². The molecule has 0 aromatic heterocycles. The molecule has 0 heterocycles. The largest absolute Gasteiger partial charge is 0.494 e. The van der Waals surface area contributed by atoms with Crippen molar-refractivity contribution < 1.29 is 9.53 Å². The molecule has 0 unspecified atom stereocenters. The molecule has 0 fully saturated rings. The molecule has 2 aromatic rings. The maximum absolute atomic E-state index is 11.9. The second-order valence-electron chi connectivity index (χ2n) is 4.78. The second-order valence-corrected chi connectivity index (χ2v) is 5.70. The summed E-state index contributed by atoms with van der Waals surface area (Å²) in [6, 6.07) is 15.1. The maximum Gasteiger partial charge on any atom is 0.243 e. The number of ether oxygens (including phenoxy) is 1. The van der Waals surface area contributed by atoms with Gasteiger partial charge < -0.3 is 15.4 Å². The lowest BCUT2D eigenvalue weighted by atomic mass is 10.3. The molecule has 0 saturated carbocycles. The second kappa shape index (κ2) is 8.44. The molecule has 0 atom stereocenters. The lowest BCUT2D eigenvalue weighted by Crippen LogP contribution is -2.21. The Morgan fingerprint density at radius 2 is 1.91 bits per heavy atom. The van der Waals surface area contributed by atoms with Crippen molar-refractivity contribution in [3.8, 4) is 5.75 Å². The molecule has 0 spiro atoms. The average Bonchev–Trinajstić information content (AvgIpc) is 2.52. The van der Waals surface area contributed by atoms with Gasteiger partial charge in [0.15, 0.2) is 0 Å².